The summed E-state index contributed by atoms with van der Waals surface area (Å²) in [5.74, 6) is -1.10. The molecule has 0 aliphatic rings. The average molecular weight is 377 g/mol. The zero-order valence-corrected chi connectivity index (χ0v) is 14.5. The quantitative estimate of drug-likeness (QED) is 0.732. The van der Waals surface area contributed by atoms with Crippen molar-refractivity contribution in [2.45, 2.75) is 20.0 Å². The molecule has 1 unspecified atom stereocenters. The molecule has 1 atom stereocenters. The molecule has 120 valence electrons. The first-order valence-electron chi connectivity index (χ1n) is 7.25. The maximum atomic E-state index is 12.0. The molecule has 0 saturated heterocycles. The Morgan fingerprint density at radius 1 is 1.00 bits per heavy atom. The molecular formula is C18H17BrO4. The molecule has 2 rings (SSSR count). The summed E-state index contributed by atoms with van der Waals surface area (Å²) in [6, 6.07) is 14.9. The number of benzene rings is 2. The van der Waals surface area contributed by atoms with Gasteiger partial charge in [0.2, 0.25) is 0 Å². The van der Waals surface area contributed by atoms with Crippen LogP contribution in [0.3, 0.4) is 0 Å². The highest BCUT2D eigenvalue weighted by Crippen LogP contribution is 2.22. The van der Waals surface area contributed by atoms with Gasteiger partial charge in [-0.05, 0) is 49.2 Å². The number of hydrogen-bond donors (Lipinski definition) is 0. The van der Waals surface area contributed by atoms with E-state index in [1.54, 1.807) is 19.1 Å². The molecular weight excluding hydrogens is 360 g/mol. The lowest BCUT2D eigenvalue weighted by molar-refractivity contribution is -0.152. The molecule has 0 aliphatic heterocycles. The van der Waals surface area contributed by atoms with Crippen LogP contribution in [0.2, 0.25) is 0 Å². The molecule has 23 heavy (non-hydrogen) atoms. The summed E-state index contributed by atoms with van der Waals surface area (Å²) in [6.45, 7) is 3.45. The first-order chi connectivity index (χ1) is 11.0. The second kappa shape index (κ2) is 7.92. The fourth-order valence-corrected chi connectivity index (χ4v) is 2.24. The van der Waals surface area contributed by atoms with E-state index in [2.05, 4.69) is 15.9 Å². The Hall–Kier alpha value is -2.14. The van der Waals surface area contributed by atoms with Gasteiger partial charge >= 0.3 is 11.9 Å². The minimum absolute atomic E-state index is 0.253. The van der Waals surface area contributed by atoms with Gasteiger partial charge in [0.25, 0.3) is 0 Å². The van der Waals surface area contributed by atoms with E-state index in [-0.39, 0.29) is 6.61 Å². The maximum absolute atomic E-state index is 12.0. The summed E-state index contributed by atoms with van der Waals surface area (Å²) in [4.78, 5) is 23.5. The van der Waals surface area contributed by atoms with Crippen molar-refractivity contribution in [2.24, 2.45) is 0 Å². The Kier molecular flexibility index (Phi) is 5.93. The highest BCUT2D eigenvalue weighted by atomic mass is 79.9. The molecule has 5 heteroatoms. The topological polar surface area (TPSA) is 52.6 Å². The SMILES string of the molecule is CCOC(=O)C(C)OC(=O)c1ccc(-c2ccc(Br)cc2)cc1. The molecule has 0 aromatic heterocycles. The van der Waals surface area contributed by atoms with Crippen LogP contribution in [0.5, 0.6) is 0 Å². The molecule has 0 bridgehead atoms. The molecule has 2 aromatic carbocycles. The highest BCUT2D eigenvalue weighted by molar-refractivity contribution is 9.10. The van der Waals surface area contributed by atoms with Crippen LogP contribution in [0.4, 0.5) is 0 Å². The largest absolute Gasteiger partial charge is 0.463 e. The fourth-order valence-electron chi connectivity index (χ4n) is 1.98. The molecule has 0 saturated carbocycles. The summed E-state index contributed by atoms with van der Waals surface area (Å²) in [6.07, 6.45) is -0.923. The fraction of sp³-hybridized carbons (Fsp3) is 0.222. The minimum Gasteiger partial charge on any atom is -0.463 e. The van der Waals surface area contributed by atoms with Gasteiger partial charge in [0.15, 0.2) is 6.10 Å². The van der Waals surface area contributed by atoms with E-state index < -0.39 is 18.0 Å². The first-order valence-corrected chi connectivity index (χ1v) is 8.04. The van der Waals surface area contributed by atoms with Crippen molar-refractivity contribution in [3.8, 4) is 11.1 Å². The predicted molar refractivity (Wildman–Crippen MR) is 91.1 cm³/mol. The van der Waals surface area contributed by atoms with Crippen LogP contribution in [-0.4, -0.2) is 24.6 Å². The third kappa shape index (κ3) is 4.66. The first kappa shape index (κ1) is 17.2. The lowest BCUT2D eigenvalue weighted by Crippen LogP contribution is -2.26. The van der Waals surface area contributed by atoms with Crippen LogP contribution in [-0.2, 0) is 14.3 Å². The van der Waals surface area contributed by atoms with Crippen LogP contribution in [0, 0.1) is 0 Å². The monoisotopic (exact) mass is 376 g/mol. The number of rotatable bonds is 5. The highest BCUT2D eigenvalue weighted by Gasteiger charge is 2.19. The molecule has 0 N–H and O–H groups in total. The van der Waals surface area contributed by atoms with Crippen LogP contribution in [0.15, 0.2) is 53.0 Å². The normalized spacial score (nSPS) is 11.6. The number of carbonyl (C=O) groups is 2. The Balaban J connectivity index is 2.05. The summed E-state index contributed by atoms with van der Waals surface area (Å²) in [5.41, 5.74) is 2.43. The molecule has 0 fully saturated rings. The van der Waals surface area contributed by atoms with Gasteiger partial charge in [-0.2, -0.15) is 0 Å². The third-order valence-corrected chi connectivity index (χ3v) is 3.73. The van der Waals surface area contributed by atoms with E-state index in [1.807, 2.05) is 36.4 Å². The zero-order valence-electron chi connectivity index (χ0n) is 12.9. The molecule has 0 radical (unpaired) electrons. The minimum atomic E-state index is -0.923. The van der Waals surface area contributed by atoms with Gasteiger partial charge in [0.05, 0.1) is 12.2 Å². The Bertz CT molecular complexity index is 677. The molecule has 0 spiro atoms. The third-order valence-electron chi connectivity index (χ3n) is 3.20. The predicted octanol–water partition coefficient (Wildman–Crippen LogP) is 4.22. The van der Waals surface area contributed by atoms with Gasteiger partial charge in [-0.25, -0.2) is 9.59 Å². The number of esters is 2. The lowest BCUT2D eigenvalue weighted by atomic mass is 10.0. The Morgan fingerprint density at radius 3 is 2.04 bits per heavy atom. The standard InChI is InChI=1S/C18H17BrO4/c1-3-22-17(20)12(2)23-18(21)15-6-4-13(5-7-15)14-8-10-16(19)11-9-14/h4-12H,3H2,1-2H3. The van der Waals surface area contributed by atoms with Crippen LogP contribution in [0.25, 0.3) is 11.1 Å². The van der Waals surface area contributed by atoms with Crippen molar-refractivity contribution in [1.29, 1.82) is 0 Å². The second-order valence-corrected chi connectivity index (χ2v) is 5.80. The summed E-state index contributed by atoms with van der Waals surface area (Å²) in [7, 11) is 0. The van der Waals surface area contributed by atoms with E-state index in [0.29, 0.717) is 5.56 Å². The number of halogens is 1. The van der Waals surface area contributed by atoms with Gasteiger partial charge in [-0.3, -0.25) is 0 Å². The number of ether oxygens (including phenoxy) is 2. The van der Waals surface area contributed by atoms with E-state index in [9.17, 15) is 9.59 Å². The van der Waals surface area contributed by atoms with Gasteiger partial charge in [-0.1, -0.05) is 40.2 Å². The van der Waals surface area contributed by atoms with Crippen molar-refractivity contribution in [3.05, 3.63) is 58.6 Å². The van der Waals surface area contributed by atoms with Gasteiger partial charge in [-0.15, -0.1) is 0 Å². The summed E-state index contributed by atoms with van der Waals surface area (Å²) < 4.78 is 10.9. The van der Waals surface area contributed by atoms with Crippen molar-refractivity contribution in [2.75, 3.05) is 6.61 Å². The van der Waals surface area contributed by atoms with Gasteiger partial charge < -0.3 is 9.47 Å². The van der Waals surface area contributed by atoms with Gasteiger partial charge in [0.1, 0.15) is 0 Å². The smallest absolute Gasteiger partial charge is 0.347 e. The number of carbonyl (C=O) groups excluding carboxylic acids is 2. The number of hydrogen-bond acceptors (Lipinski definition) is 4. The molecule has 0 aliphatic carbocycles. The summed E-state index contributed by atoms with van der Waals surface area (Å²) in [5, 5.41) is 0. The van der Waals surface area contributed by atoms with Crippen molar-refractivity contribution in [3.63, 3.8) is 0 Å². The van der Waals surface area contributed by atoms with Gasteiger partial charge in [0, 0.05) is 4.47 Å². The van der Waals surface area contributed by atoms with E-state index in [1.165, 1.54) is 6.92 Å². The van der Waals surface area contributed by atoms with E-state index >= 15 is 0 Å². The van der Waals surface area contributed by atoms with Crippen molar-refractivity contribution in [1.82, 2.24) is 0 Å². The van der Waals surface area contributed by atoms with E-state index in [0.717, 1.165) is 15.6 Å². The average Bonchev–Trinajstić information content (AvgIpc) is 2.56. The molecule has 4 nitrogen and oxygen atoms in total. The lowest BCUT2D eigenvalue weighted by Gasteiger charge is -2.12. The van der Waals surface area contributed by atoms with Crippen LogP contribution < -0.4 is 0 Å². The Morgan fingerprint density at radius 2 is 1.52 bits per heavy atom. The molecule has 0 amide bonds. The zero-order chi connectivity index (χ0) is 16.8. The van der Waals surface area contributed by atoms with Crippen molar-refractivity contribution < 1.29 is 19.1 Å². The second-order valence-electron chi connectivity index (χ2n) is 4.88. The summed E-state index contributed by atoms with van der Waals surface area (Å²) >= 11 is 3.40. The van der Waals surface area contributed by atoms with Crippen LogP contribution in [0.1, 0.15) is 24.2 Å². The Labute approximate surface area is 143 Å². The molecule has 0 heterocycles. The molecule has 2 aromatic rings. The van der Waals surface area contributed by atoms with Crippen molar-refractivity contribution >= 4 is 27.9 Å². The van der Waals surface area contributed by atoms with Crippen LogP contribution >= 0.6 is 15.9 Å². The van der Waals surface area contributed by atoms with E-state index in [4.69, 9.17) is 9.47 Å². The maximum Gasteiger partial charge on any atom is 0.347 e.